The summed E-state index contributed by atoms with van der Waals surface area (Å²) in [4.78, 5) is 43.6. The number of carboxylic acids is 1. The Bertz CT molecular complexity index is 1430. The number of carboxylic acid groups (broad SMARTS) is 1. The molecule has 0 saturated carbocycles. The number of fused-ring (bicyclic) bond motifs is 1. The average Bonchev–Trinajstić information content (AvgIpc) is 3.23. The number of ketones is 1. The van der Waals surface area contributed by atoms with Crippen LogP contribution in [0.4, 0.5) is 4.39 Å². The minimum atomic E-state index is -0.993. The third-order valence-electron chi connectivity index (χ3n) is 5.37. The number of hydrogen-bond donors (Lipinski definition) is 2. The number of H-pyrrole nitrogens is 1. The average molecular weight is 481 g/mol. The summed E-state index contributed by atoms with van der Waals surface area (Å²) in [6.45, 7) is 2.09. The predicted molar refractivity (Wildman–Crippen MR) is 126 cm³/mol. The predicted octanol–water partition coefficient (Wildman–Crippen LogP) is 4.66. The zero-order valence-corrected chi connectivity index (χ0v) is 19.1. The van der Waals surface area contributed by atoms with Crippen LogP contribution in [0.5, 0.6) is 0 Å². The lowest BCUT2D eigenvalue weighted by molar-refractivity contribution is 0.0696. The SMILES string of the molecule is Cc1cc(CCC(=O)c2nc3scc(COCc4ccc(C(=O)O)cc4)c3c(=O)[nH]2)ccc1F. The summed E-state index contributed by atoms with van der Waals surface area (Å²) >= 11 is 1.26. The monoisotopic (exact) mass is 480 g/mol. The van der Waals surface area contributed by atoms with Gasteiger partial charge in [-0.15, -0.1) is 11.3 Å². The molecule has 0 fully saturated rings. The van der Waals surface area contributed by atoms with Crippen molar-refractivity contribution in [3.8, 4) is 0 Å². The van der Waals surface area contributed by atoms with Gasteiger partial charge in [0.25, 0.3) is 5.56 Å². The van der Waals surface area contributed by atoms with Crippen LogP contribution in [0.1, 0.15) is 49.7 Å². The summed E-state index contributed by atoms with van der Waals surface area (Å²) in [6, 6.07) is 11.1. The standard InChI is InChI=1S/C25H21FN2O5S/c1-14-10-15(4-8-19(14)26)5-9-20(29)22-27-23(30)21-18(13-34-24(21)28-22)12-33-11-16-2-6-17(7-3-16)25(31)32/h2-4,6-8,10,13H,5,9,11-12H2,1H3,(H,31,32)(H,27,28,30). The molecule has 2 aromatic carbocycles. The molecule has 0 aliphatic carbocycles. The van der Waals surface area contributed by atoms with Crippen molar-refractivity contribution in [3.63, 3.8) is 0 Å². The molecule has 0 unspecified atom stereocenters. The van der Waals surface area contributed by atoms with Crippen LogP contribution in [0.2, 0.25) is 0 Å². The van der Waals surface area contributed by atoms with Gasteiger partial charge in [0.1, 0.15) is 10.6 Å². The van der Waals surface area contributed by atoms with Gasteiger partial charge >= 0.3 is 5.97 Å². The van der Waals surface area contributed by atoms with E-state index in [0.29, 0.717) is 27.8 Å². The fourth-order valence-electron chi connectivity index (χ4n) is 3.51. The third-order valence-corrected chi connectivity index (χ3v) is 6.30. The highest BCUT2D eigenvalue weighted by molar-refractivity contribution is 7.16. The number of carbonyl (C=O) groups is 2. The number of Topliss-reactive ketones (excluding diaryl/α,β-unsaturated/α-hetero) is 1. The Hall–Kier alpha value is -3.69. The summed E-state index contributed by atoms with van der Waals surface area (Å²) in [7, 11) is 0. The Morgan fingerprint density at radius 2 is 1.85 bits per heavy atom. The molecule has 4 aromatic rings. The van der Waals surface area contributed by atoms with Gasteiger partial charge < -0.3 is 14.8 Å². The fourth-order valence-corrected chi connectivity index (χ4v) is 4.43. The molecule has 2 heterocycles. The van der Waals surface area contributed by atoms with Crippen molar-refractivity contribution in [1.82, 2.24) is 9.97 Å². The molecule has 34 heavy (non-hydrogen) atoms. The summed E-state index contributed by atoms with van der Waals surface area (Å²) in [5, 5.41) is 11.1. The molecule has 2 aromatic heterocycles. The zero-order chi connectivity index (χ0) is 24.2. The second-order valence-corrected chi connectivity index (χ2v) is 8.72. The van der Waals surface area contributed by atoms with Crippen molar-refractivity contribution >= 4 is 33.3 Å². The Labute approximate surface area is 197 Å². The number of ether oxygens (including phenoxy) is 1. The molecule has 174 valence electrons. The Morgan fingerprint density at radius 3 is 2.56 bits per heavy atom. The number of aromatic carboxylic acids is 1. The molecule has 0 aliphatic heterocycles. The van der Waals surface area contributed by atoms with Gasteiger partial charge in [0.15, 0.2) is 11.6 Å². The number of hydrogen-bond acceptors (Lipinski definition) is 6. The van der Waals surface area contributed by atoms with E-state index in [9.17, 15) is 18.8 Å². The Morgan fingerprint density at radius 1 is 1.12 bits per heavy atom. The molecule has 7 nitrogen and oxygen atoms in total. The van der Waals surface area contributed by atoms with Crippen LogP contribution < -0.4 is 5.56 Å². The molecule has 9 heteroatoms. The quantitative estimate of drug-likeness (QED) is 0.337. The molecule has 4 rings (SSSR count). The van der Waals surface area contributed by atoms with E-state index in [-0.39, 0.29) is 42.6 Å². The number of carbonyl (C=O) groups excluding carboxylic acids is 1. The van der Waals surface area contributed by atoms with Gasteiger partial charge in [0.05, 0.1) is 24.2 Å². The van der Waals surface area contributed by atoms with E-state index < -0.39 is 11.5 Å². The Kier molecular flexibility index (Phi) is 6.95. The van der Waals surface area contributed by atoms with E-state index in [1.807, 2.05) is 0 Å². The molecular formula is C25H21FN2O5S. The van der Waals surface area contributed by atoms with Crippen LogP contribution in [-0.2, 0) is 24.4 Å². The molecular weight excluding hydrogens is 459 g/mol. The maximum Gasteiger partial charge on any atom is 0.335 e. The molecule has 0 saturated heterocycles. The number of aryl methyl sites for hydroxylation is 2. The zero-order valence-electron chi connectivity index (χ0n) is 18.3. The highest BCUT2D eigenvalue weighted by Crippen LogP contribution is 2.23. The van der Waals surface area contributed by atoms with Gasteiger partial charge in [-0.2, -0.15) is 0 Å². The van der Waals surface area contributed by atoms with Crippen molar-refractivity contribution in [1.29, 1.82) is 0 Å². The minimum Gasteiger partial charge on any atom is -0.478 e. The lowest BCUT2D eigenvalue weighted by Gasteiger charge is -2.05. The highest BCUT2D eigenvalue weighted by Gasteiger charge is 2.16. The maximum absolute atomic E-state index is 13.4. The number of aromatic amines is 1. The largest absolute Gasteiger partial charge is 0.478 e. The number of nitrogens with one attached hydrogen (secondary N) is 1. The highest BCUT2D eigenvalue weighted by atomic mass is 32.1. The number of nitrogens with zero attached hydrogens (tertiary/aromatic N) is 1. The van der Waals surface area contributed by atoms with E-state index in [1.165, 1.54) is 29.5 Å². The van der Waals surface area contributed by atoms with Gasteiger partial charge in [-0.3, -0.25) is 9.59 Å². The second-order valence-electron chi connectivity index (χ2n) is 7.86. The number of rotatable bonds is 9. The van der Waals surface area contributed by atoms with E-state index in [2.05, 4.69) is 9.97 Å². The smallest absolute Gasteiger partial charge is 0.335 e. The molecule has 0 aliphatic rings. The van der Waals surface area contributed by atoms with Crippen LogP contribution in [0.25, 0.3) is 10.2 Å². The van der Waals surface area contributed by atoms with Crippen LogP contribution in [-0.4, -0.2) is 26.8 Å². The van der Waals surface area contributed by atoms with E-state index in [0.717, 1.165) is 11.1 Å². The number of benzene rings is 2. The second kappa shape index (κ2) is 10.1. The molecule has 0 amide bonds. The Balaban J connectivity index is 1.41. The van der Waals surface area contributed by atoms with Crippen LogP contribution >= 0.6 is 11.3 Å². The van der Waals surface area contributed by atoms with Crippen molar-refractivity contribution in [3.05, 3.63) is 97.7 Å². The molecule has 0 radical (unpaired) electrons. The number of halogens is 1. The number of thiophene rings is 1. The van der Waals surface area contributed by atoms with Crippen molar-refractivity contribution in [2.45, 2.75) is 33.0 Å². The summed E-state index contributed by atoms with van der Waals surface area (Å²) in [5.74, 6) is -1.58. The topological polar surface area (TPSA) is 109 Å². The van der Waals surface area contributed by atoms with Crippen LogP contribution in [0.15, 0.2) is 52.6 Å². The fraction of sp³-hybridized carbons (Fsp3) is 0.200. The molecule has 0 spiro atoms. The van der Waals surface area contributed by atoms with Crippen LogP contribution in [0, 0.1) is 12.7 Å². The molecule has 2 N–H and O–H groups in total. The van der Waals surface area contributed by atoms with Gasteiger partial charge in [-0.25, -0.2) is 14.2 Å². The summed E-state index contributed by atoms with van der Waals surface area (Å²) < 4.78 is 19.1. The van der Waals surface area contributed by atoms with E-state index in [4.69, 9.17) is 9.84 Å². The first-order valence-electron chi connectivity index (χ1n) is 10.5. The minimum absolute atomic E-state index is 0.00386. The number of aromatic nitrogens is 2. The van der Waals surface area contributed by atoms with Gasteiger partial charge in [-0.1, -0.05) is 24.3 Å². The van der Waals surface area contributed by atoms with Crippen LogP contribution in [0.3, 0.4) is 0 Å². The van der Waals surface area contributed by atoms with Crippen molar-refractivity contribution < 1.29 is 23.8 Å². The summed E-state index contributed by atoms with van der Waals surface area (Å²) in [6.07, 6.45) is 0.556. The maximum atomic E-state index is 13.4. The first kappa shape index (κ1) is 23.5. The third kappa shape index (κ3) is 5.27. The van der Waals surface area contributed by atoms with Gasteiger partial charge in [0.2, 0.25) is 0 Å². The van der Waals surface area contributed by atoms with Gasteiger partial charge in [-0.05, 0) is 53.6 Å². The molecule has 0 bridgehead atoms. The molecule has 0 atom stereocenters. The van der Waals surface area contributed by atoms with E-state index in [1.54, 1.807) is 36.6 Å². The van der Waals surface area contributed by atoms with Gasteiger partial charge in [0, 0.05) is 12.0 Å². The van der Waals surface area contributed by atoms with Crippen molar-refractivity contribution in [2.24, 2.45) is 0 Å². The first-order valence-corrected chi connectivity index (χ1v) is 11.4. The summed E-state index contributed by atoms with van der Waals surface area (Å²) in [5.41, 5.74) is 2.62. The van der Waals surface area contributed by atoms with E-state index >= 15 is 0 Å². The lowest BCUT2D eigenvalue weighted by atomic mass is 10.0. The lowest BCUT2D eigenvalue weighted by Crippen LogP contribution is -2.16. The normalized spacial score (nSPS) is 11.1. The first-order chi connectivity index (χ1) is 16.3. The van der Waals surface area contributed by atoms with Crippen molar-refractivity contribution in [2.75, 3.05) is 0 Å².